The van der Waals surface area contributed by atoms with Gasteiger partial charge in [0.2, 0.25) is 0 Å². The number of nitrogens with zero attached hydrogens (tertiary/aromatic N) is 3. The Bertz CT molecular complexity index is 1180. The third kappa shape index (κ3) is 3.29. The molecule has 3 aromatic heterocycles. The fourth-order valence-corrected chi connectivity index (χ4v) is 4.44. The molecule has 0 N–H and O–H groups in total. The summed E-state index contributed by atoms with van der Waals surface area (Å²) in [4.78, 5) is 34.9. The lowest BCUT2D eigenvalue weighted by molar-refractivity contribution is 0.0600. The second-order valence-electron chi connectivity index (χ2n) is 5.88. The fourth-order valence-electron chi connectivity index (χ4n) is 2.82. The van der Waals surface area contributed by atoms with Crippen molar-refractivity contribution >= 4 is 39.0 Å². The number of rotatable bonds is 4. The Morgan fingerprint density at radius 3 is 2.63 bits per heavy atom. The first-order valence-corrected chi connectivity index (χ1v) is 9.85. The molecule has 0 spiro atoms. The summed E-state index contributed by atoms with van der Waals surface area (Å²) in [7, 11) is 1.35. The highest BCUT2D eigenvalue weighted by atomic mass is 32.1. The SMILES string of the molecule is COC(=O)c1ccc(Cn2c(=O)nc(-c3cccs3)c3nc(C)sc32)cc1. The van der Waals surface area contributed by atoms with Gasteiger partial charge in [0.05, 0.1) is 29.1 Å². The molecule has 0 aliphatic heterocycles. The molecule has 3 heterocycles. The monoisotopic (exact) mass is 397 g/mol. The van der Waals surface area contributed by atoms with Gasteiger partial charge >= 0.3 is 11.7 Å². The third-order valence-electron chi connectivity index (χ3n) is 4.09. The van der Waals surface area contributed by atoms with Gasteiger partial charge < -0.3 is 4.74 Å². The zero-order valence-corrected chi connectivity index (χ0v) is 16.3. The molecule has 0 bridgehead atoms. The van der Waals surface area contributed by atoms with E-state index in [1.54, 1.807) is 16.7 Å². The predicted octanol–water partition coefficient (Wildman–Crippen LogP) is 3.72. The van der Waals surface area contributed by atoms with Crippen molar-refractivity contribution in [2.24, 2.45) is 0 Å². The Morgan fingerprint density at radius 2 is 1.96 bits per heavy atom. The van der Waals surface area contributed by atoms with E-state index in [1.165, 1.54) is 29.8 Å². The minimum absolute atomic E-state index is 0.313. The molecule has 0 fully saturated rings. The number of fused-ring (bicyclic) bond motifs is 1. The van der Waals surface area contributed by atoms with Gasteiger partial charge in [0, 0.05) is 0 Å². The number of thiazole rings is 1. The predicted molar refractivity (Wildman–Crippen MR) is 107 cm³/mol. The molecular weight excluding hydrogens is 382 g/mol. The van der Waals surface area contributed by atoms with E-state index in [4.69, 9.17) is 4.74 Å². The summed E-state index contributed by atoms with van der Waals surface area (Å²) in [5.74, 6) is -0.388. The highest BCUT2D eigenvalue weighted by Gasteiger charge is 2.17. The Balaban J connectivity index is 1.79. The third-order valence-corrected chi connectivity index (χ3v) is 5.96. The van der Waals surface area contributed by atoms with Gasteiger partial charge in [-0.25, -0.2) is 14.6 Å². The number of benzene rings is 1. The van der Waals surface area contributed by atoms with E-state index in [2.05, 4.69) is 9.97 Å². The maximum absolute atomic E-state index is 12.7. The van der Waals surface area contributed by atoms with Crippen LogP contribution in [0.2, 0.25) is 0 Å². The quantitative estimate of drug-likeness (QED) is 0.491. The molecule has 0 radical (unpaired) electrons. The smallest absolute Gasteiger partial charge is 0.349 e. The minimum atomic E-state index is -0.388. The lowest BCUT2D eigenvalue weighted by atomic mass is 10.1. The zero-order valence-electron chi connectivity index (χ0n) is 14.6. The molecule has 0 atom stereocenters. The Morgan fingerprint density at radius 1 is 1.19 bits per heavy atom. The van der Waals surface area contributed by atoms with Crippen LogP contribution in [0, 0.1) is 6.92 Å². The molecule has 0 amide bonds. The molecule has 0 aliphatic carbocycles. The minimum Gasteiger partial charge on any atom is -0.465 e. The van der Waals surface area contributed by atoms with Crippen molar-refractivity contribution in [1.29, 1.82) is 0 Å². The first-order chi connectivity index (χ1) is 13.1. The standard InChI is InChI=1S/C19H15N3O3S2/c1-11-20-16-15(14-4-3-9-26-14)21-19(24)22(17(16)27-11)10-12-5-7-13(8-6-12)18(23)25-2/h3-9H,10H2,1-2H3. The first kappa shape index (κ1) is 17.6. The van der Waals surface area contributed by atoms with Crippen LogP contribution >= 0.6 is 22.7 Å². The van der Waals surface area contributed by atoms with Gasteiger partial charge in [0.25, 0.3) is 0 Å². The summed E-state index contributed by atoms with van der Waals surface area (Å²) in [6.45, 7) is 2.28. The lowest BCUT2D eigenvalue weighted by Crippen LogP contribution is -2.24. The number of aryl methyl sites for hydroxylation is 1. The number of carbonyl (C=O) groups is 1. The Hall–Kier alpha value is -2.84. The summed E-state index contributed by atoms with van der Waals surface area (Å²) < 4.78 is 6.34. The van der Waals surface area contributed by atoms with Crippen LogP contribution in [0.1, 0.15) is 20.9 Å². The molecule has 4 aromatic rings. The summed E-state index contributed by atoms with van der Waals surface area (Å²) in [6.07, 6.45) is 0. The highest BCUT2D eigenvalue weighted by molar-refractivity contribution is 7.18. The van der Waals surface area contributed by atoms with Gasteiger partial charge in [-0.15, -0.1) is 22.7 Å². The van der Waals surface area contributed by atoms with E-state index in [-0.39, 0.29) is 11.7 Å². The Kier molecular flexibility index (Phi) is 4.59. The summed E-state index contributed by atoms with van der Waals surface area (Å²) >= 11 is 3.01. The van der Waals surface area contributed by atoms with E-state index in [9.17, 15) is 9.59 Å². The van der Waals surface area contributed by atoms with Gasteiger partial charge in [0.1, 0.15) is 16.0 Å². The maximum atomic E-state index is 12.7. The van der Waals surface area contributed by atoms with Crippen molar-refractivity contribution in [1.82, 2.24) is 14.5 Å². The number of ether oxygens (including phenoxy) is 1. The number of thiophene rings is 1. The van der Waals surface area contributed by atoms with Crippen LogP contribution in [0.5, 0.6) is 0 Å². The molecular formula is C19H15N3O3S2. The molecule has 1 aromatic carbocycles. The van der Waals surface area contributed by atoms with Crippen LogP contribution in [0.25, 0.3) is 20.9 Å². The van der Waals surface area contributed by atoms with E-state index < -0.39 is 0 Å². The maximum Gasteiger partial charge on any atom is 0.349 e. The molecule has 0 unspecified atom stereocenters. The van der Waals surface area contributed by atoms with E-state index in [0.29, 0.717) is 17.8 Å². The van der Waals surface area contributed by atoms with Crippen molar-refractivity contribution in [3.05, 3.63) is 68.4 Å². The molecule has 6 nitrogen and oxygen atoms in total. The van der Waals surface area contributed by atoms with Crippen LogP contribution in [-0.4, -0.2) is 27.6 Å². The largest absolute Gasteiger partial charge is 0.465 e. The number of carbonyl (C=O) groups excluding carboxylic acids is 1. The Labute approximate surface area is 162 Å². The van der Waals surface area contributed by atoms with Crippen molar-refractivity contribution in [2.45, 2.75) is 13.5 Å². The summed E-state index contributed by atoms with van der Waals surface area (Å²) in [6, 6.07) is 10.9. The van der Waals surface area contributed by atoms with Crippen LogP contribution in [0.15, 0.2) is 46.6 Å². The molecule has 0 aliphatic rings. The van der Waals surface area contributed by atoms with Crippen LogP contribution < -0.4 is 5.69 Å². The topological polar surface area (TPSA) is 74.1 Å². The van der Waals surface area contributed by atoms with Crippen molar-refractivity contribution in [3.8, 4) is 10.6 Å². The average molecular weight is 397 g/mol. The van der Waals surface area contributed by atoms with Crippen molar-refractivity contribution in [2.75, 3.05) is 7.11 Å². The average Bonchev–Trinajstić information content (AvgIpc) is 3.33. The highest BCUT2D eigenvalue weighted by Crippen LogP contribution is 2.31. The van der Waals surface area contributed by atoms with E-state index in [0.717, 1.165) is 25.8 Å². The van der Waals surface area contributed by atoms with Crippen LogP contribution in [-0.2, 0) is 11.3 Å². The number of methoxy groups -OCH3 is 1. The first-order valence-electron chi connectivity index (χ1n) is 8.16. The second-order valence-corrected chi connectivity index (χ2v) is 8.01. The second kappa shape index (κ2) is 7.05. The van der Waals surface area contributed by atoms with Crippen LogP contribution in [0.3, 0.4) is 0 Å². The normalized spacial score (nSPS) is 11.0. The van der Waals surface area contributed by atoms with E-state index in [1.807, 2.05) is 36.6 Å². The number of aromatic nitrogens is 3. The molecule has 8 heteroatoms. The van der Waals surface area contributed by atoms with Gasteiger partial charge in [-0.05, 0) is 36.1 Å². The van der Waals surface area contributed by atoms with Gasteiger partial charge in [-0.2, -0.15) is 4.98 Å². The summed E-state index contributed by atoms with van der Waals surface area (Å²) in [5, 5.41) is 2.83. The molecule has 136 valence electrons. The van der Waals surface area contributed by atoms with Crippen molar-refractivity contribution in [3.63, 3.8) is 0 Å². The van der Waals surface area contributed by atoms with Crippen LogP contribution in [0.4, 0.5) is 0 Å². The fraction of sp³-hybridized carbons (Fsp3) is 0.158. The van der Waals surface area contributed by atoms with Gasteiger partial charge in [-0.1, -0.05) is 18.2 Å². The van der Waals surface area contributed by atoms with Gasteiger partial charge in [-0.3, -0.25) is 4.57 Å². The number of esters is 1. The molecule has 0 saturated heterocycles. The molecule has 0 saturated carbocycles. The lowest BCUT2D eigenvalue weighted by Gasteiger charge is -2.09. The molecule has 4 rings (SSSR count). The number of hydrogen-bond donors (Lipinski definition) is 0. The van der Waals surface area contributed by atoms with E-state index >= 15 is 0 Å². The number of hydrogen-bond acceptors (Lipinski definition) is 7. The zero-order chi connectivity index (χ0) is 19.0. The molecule has 27 heavy (non-hydrogen) atoms. The van der Waals surface area contributed by atoms with Crippen molar-refractivity contribution < 1.29 is 9.53 Å². The van der Waals surface area contributed by atoms with Gasteiger partial charge in [0.15, 0.2) is 0 Å². The summed E-state index contributed by atoms with van der Waals surface area (Å²) in [5.41, 5.74) is 2.42.